The Morgan fingerprint density at radius 3 is 2.11 bits per heavy atom. The average Bonchev–Trinajstić information content (AvgIpc) is 2.92. The number of nitrogens with zero attached hydrogens (tertiary/aromatic N) is 1. The molecule has 1 N–H and O–H groups in total. The van der Waals surface area contributed by atoms with E-state index in [9.17, 15) is 14.7 Å². The summed E-state index contributed by atoms with van der Waals surface area (Å²) in [5.74, 6) is -0.640. The monoisotopic (exact) mass is 379 g/mol. The summed E-state index contributed by atoms with van der Waals surface area (Å²) in [7, 11) is 1.58. The minimum Gasteiger partial charge on any atom is -0.503 e. The summed E-state index contributed by atoms with van der Waals surface area (Å²) in [6.07, 6.45) is 0. The second-order valence-corrected chi connectivity index (χ2v) is 8.03. The fraction of sp³-hybridized carbons (Fsp3) is 0.304. The van der Waals surface area contributed by atoms with E-state index < -0.39 is 23.1 Å². The number of ketones is 1. The molecule has 2 aromatic rings. The Morgan fingerprint density at radius 1 is 1.04 bits per heavy atom. The first-order valence-corrected chi connectivity index (χ1v) is 9.17. The van der Waals surface area contributed by atoms with Crippen molar-refractivity contribution in [2.75, 3.05) is 12.0 Å². The van der Waals surface area contributed by atoms with Gasteiger partial charge in [-0.25, -0.2) is 0 Å². The number of anilines is 1. The minimum absolute atomic E-state index is 0.128. The van der Waals surface area contributed by atoms with Gasteiger partial charge in [0.15, 0.2) is 11.5 Å². The zero-order chi connectivity index (χ0) is 20.6. The van der Waals surface area contributed by atoms with Crippen molar-refractivity contribution < 1.29 is 19.4 Å². The van der Waals surface area contributed by atoms with Gasteiger partial charge in [-0.3, -0.25) is 14.5 Å². The van der Waals surface area contributed by atoms with E-state index in [-0.39, 0.29) is 11.4 Å². The summed E-state index contributed by atoms with van der Waals surface area (Å²) >= 11 is 0. The van der Waals surface area contributed by atoms with Gasteiger partial charge in [0.1, 0.15) is 5.75 Å². The molecule has 0 bridgehead atoms. The topological polar surface area (TPSA) is 66.8 Å². The van der Waals surface area contributed by atoms with Gasteiger partial charge in [0.05, 0.1) is 18.7 Å². The number of aliphatic hydroxyl groups is 1. The van der Waals surface area contributed by atoms with Crippen molar-refractivity contribution in [2.45, 2.75) is 33.7 Å². The van der Waals surface area contributed by atoms with E-state index in [0.717, 1.165) is 11.1 Å². The summed E-state index contributed by atoms with van der Waals surface area (Å²) in [6.45, 7) is 7.29. The summed E-state index contributed by atoms with van der Waals surface area (Å²) in [5, 5.41) is 10.7. The molecule has 0 saturated heterocycles. The molecule has 1 amide bonds. The van der Waals surface area contributed by atoms with Crippen LogP contribution in [0.5, 0.6) is 5.75 Å². The van der Waals surface area contributed by atoms with Crippen LogP contribution in [0.3, 0.4) is 0 Å². The van der Waals surface area contributed by atoms with E-state index in [2.05, 4.69) is 0 Å². The van der Waals surface area contributed by atoms with Crippen molar-refractivity contribution >= 4 is 17.4 Å². The van der Waals surface area contributed by atoms with Gasteiger partial charge in [0, 0.05) is 11.1 Å². The van der Waals surface area contributed by atoms with Crippen LogP contribution >= 0.6 is 0 Å². The van der Waals surface area contributed by atoms with E-state index in [1.54, 1.807) is 40.0 Å². The molecule has 146 valence electrons. The number of methoxy groups -OCH3 is 1. The lowest BCUT2D eigenvalue weighted by molar-refractivity contribution is -0.123. The number of aliphatic hydroxyl groups excluding tert-OH is 1. The highest BCUT2D eigenvalue weighted by Gasteiger charge is 2.46. The lowest BCUT2D eigenvalue weighted by Crippen LogP contribution is -2.32. The van der Waals surface area contributed by atoms with E-state index in [1.165, 1.54) is 4.90 Å². The van der Waals surface area contributed by atoms with Gasteiger partial charge >= 0.3 is 0 Å². The molecule has 2 aromatic carbocycles. The predicted molar refractivity (Wildman–Crippen MR) is 109 cm³/mol. The first-order chi connectivity index (χ1) is 13.1. The predicted octanol–water partition coefficient (Wildman–Crippen LogP) is 4.52. The number of amides is 1. The number of hydrogen-bond acceptors (Lipinski definition) is 4. The first-order valence-electron chi connectivity index (χ1n) is 9.17. The van der Waals surface area contributed by atoms with Gasteiger partial charge in [-0.1, -0.05) is 50.6 Å². The smallest absolute Gasteiger partial charge is 0.294 e. The fourth-order valence-electron chi connectivity index (χ4n) is 3.31. The molecule has 1 aliphatic rings. The number of carbonyl (C=O) groups excluding carboxylic acids is 2. The van der Waals surface area contributed by atoms with Gasteiger partial charge in [-0.15, -0.1) is 0 Å². The largest absolute Gasteiger partial charge is 0.503 e. The van der Waals surface area contributed by atoms with Gasteiger partial charge in [-0.05, 0) is 36.8 Å². The number of hydrogen-bond donors (Lipinski definition) is 1. The van der Waals surface area contributed by atoms with E-state index >= 15 is 0 Å². The maximum absolute atomic E-state index is 13.1. The highest BCUT2D eigenvalue weighted by atomic mass is 16.5. The maximum Gasteiger partial charge on any atom is 0.294 e. The van der Waals surface area contributed by atoms with E-state index in [4.69, 9.17) is 4.74 Å². The van der Waals surface area contributed by atoms with Gasteiger partial charge in [-0.2, -0.15) is 0 Å². The van der Waals surface area contributed by atoms with Crippen molar-refractivity contribution in [3.8, 4) is 5.75 Å². The van der Waals surface area contributed by atoms with Gasteiger partial charge in [0.25, 0.3) is 5.91 Å². The standard InChI is InChI=1S/C23H25NO4/c1-14-6-10-16(11-7-14)24-19(15-8-12-17(28-5)13-9-15)18(20(25)22(24)27)21(26)23(2,3)4/h6-13,19,25H,1-5H3. The number of rotatable bonds is 4. The molecule has 0 spiro atoms. The fourth-order valence-corrected chi connectivity index (χ4v) is 3.31. The molecule has 28 heavy (non-hydrogen) atoms. The van der Waals surface area contributed by atoms with Gasteiger partial charge < -0.3 is 9.84 Å². The van der Waals surface area contributed by atoms with Crippen LogP contribution in [0.25, 0.3) is 0 Å². The number of ether oxygens (including phenoxy) is 1. The van der Waals surface area contributed by atoms with Crippen LogP contribution in [0.15, 0.2) is 59.9 Å². The molecule has 0 aliphatic carbocycles. The molecule has 1 atom stereocenters. The Morgan fingerprint density at radius 2 is 1.61 bits per heavy atom. The minimum atomic E-state index is -0.738. The molecule has 1 heterocycles. The lowest BCUT2D eigenvalue weighted by Gasteiger charge is -2.29. The van der Waals surface area contributed by atoms with Crippen LogP contribution in [0.4, 0.5) is 5.69 Å². The van der Waals surface area contributed by atoms with Crippen molar-refractivity contribution in [3.63, 3.8) is 0 Å². The van der Waals surface area contributed by atoms with Crippen LogP contribution in [-0.4, -0.2) is 23.9 Å². The SMILES string of the molecule is COc1ccc(C2C(C(=O)C(C)(C)C)=C(O)C(=O)N2c2ccc(C)cc2)cc1. The van der Waals surface area contributed by atoms with Crippen molar-refractivity contribution in [1.82, 2.24) is 0 Å². The zero-order valence-electron chi connectivity index (χ0n) is 16.8. The van der Waals surface area contributed by atoms with Crippen molar-refractivity contribution in [2.24, 2.45) is 5.41 Å². The summed E-state index contributed by atoms with van der Waals surface area (Å²) in [4.78, 5) is 27.6. The molecule has 5 nitrogen and oxygen atoms in total. The molecule has 0 radical (unpaired) electrons. The molecular formula is C23H25NO4. The Balaban J connectivity index is 2.18. The summed E-state index contributed by atoms with van der Waals surface area (Å²) in [6, 6.07) is 13.9. The number of aryl methyl sites for hydroxylation is 1. The number of carbonyl (C=O) groups is 2. The van der Waals surface area contributed by atoms with E-state index in [1.807, 2.05) is 43.3 Å². The summed E-state index contributed by atoms with van der Waals surface area (Å²) < 4.78 is 5.22. The van der Waals surface area contributed by atoms with Crippen LogP contribution in [0, 0.1) is 12.3 Å². The molecule has 3 rings (SSSR count). The normalized spacial score (nSPS) is 17.2. The van der Waals surface area contributed by atoms with Gasteiger partial charge in [0.2, 0.25) is 0 Å². The highest BCUT2D eigenvalue weighted by molar-refractivity contribution is 6.17. The first kappa shape index (κ1) is 19.7. The number of Topliss-reactive ketones (excluding diaryl/α,β-unsaturated/α-hetero) is 1. The number of benzene rings is 2. The average molecular weight is 379 g/mol. The zero-order valence-corrected chi connectivity index (χ0v) is 16.8. The van der Waals surface area contributed by atoms with Crippen LogP contribution in [-0.2, 0) is 9.59 Å². The maximum atomic E-state index is 13.1. The third-order valence-electron chi connectivity index (χ3n) is 4.88. The van der Waals surface area contributed by atoms with Crippen molar-refractivity contribution in [3.05, 3.63) is 71.0 Å². The van der Waals surface area contributed by atoms with Crippen LogP contribution in [0.1, 0.15) is 37.9 Å². The lowest BCUT2D eigenvalue weighted by atomic mass is 9.82. The molecule has 1 aliphatic heterocycles. The molecular weight excluding hydrogens is 354 g/mol. The Hall–Kier alpha value is -3.08. The Kier molecular flexibility index (Phi) is 5.02. The molecule has 0 aromatic heterocycles. The van der Waals surface area contributed by atoms with Crippen LogP contribution < -0.4 is 9.64 Å². The quantitative estimate of drug-likeness (QED) is 0.848. The summed E-state index contributed by atoms with van der Waals surface area (Å²) in [5.41, 5.74) is 1.80. The third kappa shape index (κ3) is 3.40. The second-order valence-electron chi connectivity index (χ2n) is 8.03. The second kappa shape index (κ2) is 7.15. The third-order valence-corrected chi connectivity index (χ3v) is 4.88. The molecule has 0 fully saturated rings. The molecule has 0 saturated carbocycles. The highest BCUT2D eigenvalue weighted by Crippen LogP contribution is 2.43. The molecule has 1 unspecified atom stereocenters. The Bertz CT molecular complexity index is 934. The molecule has 5 heteroatoms. The van der Waals surface area contributed by atoms with E-state index in [0.29, 0.717) is 11.4 Å². The van der Waals surface area contributed by atoms with Crippen LogP contribution in [0.2, 0.25) is 0 Å². The Labute approximate surface area is 165 Å². The van der Waals surface area contributed by atoms with Crippen molar-refractivity contribution in [1.29, 1.82) is 0 Å².